The van der Waals surface area contributed by atoms with Crippen LogP contribution >= 0.6 is 0 Å². The second-order valence-electron chi connectivity index (χ2n) is 8.14. The molecule has 0 aliphatic carbocycles. The summed E-state index contributed by atoms with van der Waals surface area (Å²) in [4.78, 5) is 26.7. The van der Waals surface area contributed by atoms with Crippen LogP contribution in [-0.2, 0) is 6.54 Å². The first kappa shape index (κ1) is 19.1. The molecule has 2 fully saturated rings. The average Bonchev–Trinajstić information content (AvgIpc) is 2.75. The van der Waals surface area contributed by atoms with E-state index in [0.29, 0.717) is 11.5 Å². The van der Waals surface area contributed by atoms with Gasteiger partial charge >= 0.3 is 0 Å². The molecule has 0 radical (unpaired) electrons. The highest BCUT2D eigenvalue weighted by Crippen LogP contribution is 2.26. The first-order valence-corrected chi connectivity index (χ1v) is 10.6. The van der Waals surface area contributed by atoms with Crippen molar-refractivity contribution in [3.63, 3.8) is 0 Å². The van der Waals surface area contributed by atoms with E-state index < -0.39 is 0 Å². The van der Waals surface area contributed by atoms with E-state index in [1.165, 1.54) is 12.0 Å². The summed E-state index contributed by atoms with van der Waals surface area (Å²) in [5.41, 5.74) is 2.84. The molecule has 2 aromatic rings. The second kappa shape index (κ2) is 8.82. The molecule has 0 bridgehead atoms. The molecule has 1 amide bonds. The van der Waals surface area contributed by atoms with Gasteiger partial charge in [-0.3, -0.25) is 9.69 Å². The molecule has 1 atom stereocenters. The standard InChI is InChI=1S/C23H30N4O/c1-18-21(23(28)27-13-6-3-7-14-27)15-24-22(25-18)20-11-8-12-26(17-20)16-19-9-4-2-5-10-19/h2,4-5,9-10,15,20H,3,6-8,11-14,16-17H2,1H3/t20-/m1/s1. The lowest BCUT2D eigenvalue weighted by Gasteiger charge is -2.32. The number of carbonyl (C=O) groups is 1. The van der Waals surface area contributed by atoms with Gasteiger partial charge in [0.25, 0.3) is 5.91 Å². The number of likely N-dealkylation sites (tertiary alicyclic amines) is 2. The molecular formula is C23H30N4O. The molecule has 2 aliphatic rings. The summed E-state index contributed by atoms with van der Waals surface area (Å²) in [6.07, 6.45) is 7.47. The Morgan fingerprint density at radius 2 is 1.86 bits per heavy atom. The molecule has 0 N–H and O–H groups in total. The van der Waals surface area contributed by atoms with Gasteiger partial charge in [0.2, 0.25) is 0 Å². The number of benzene rings is 1. The predicted molar refractivity (Wildman–Crippen MR) is 110 cm³/mol. The molecule has 5 nitrogen and oxygen atoms in total. The Morgan fingerprint density at radius 1 is 1.07 bits per heavy atom. The van der Waals surface area contributed by atoms with Crippen molar-refractivity contribution in [1.29, 1.82) is 0 Å². The Kier molecular flexibility index (Phi) is 6.01. The van der Waals surface area contributed by atoms with Gasteiger partial charge in [-0.1, -0.05) is 30.3 Å². The monoisotopic (exact) mass is 378 g/mol. The van der Waals surface area contributed by atoms with Crippen molar-refractivity contribution in [3.8, 4) is 0 Å². The average molecular weight is 379 g/mol. The van der Waals surface area contributed by atoms with Gasteiger partial charge < -0.3 is 4.90 Å². The zero-order valence-electron chi connectivity index (χ0n) is 16.8. The fraction of sp³-hybridized carbons (Fsp3) is 0.522. The number of rotatable bonds is 4. The maximum absolute atomic E-state index is 12.8. The van der Waals surface area contributed by atoms with Crippen LogP contribution in [0.2, 0.25) is 0 Å². The number of nitrogens with zero attached hydrogens (tertiary/aromatic N) is 4. The zero-order valence-corrected chi connectivity index (χ0v) is 16.8. The van der Waals surface area contributed by atoms with Gasteiger partial charge in [-0.25, -0.2) is 9.97 Å². The zero-order chi connectivity index (χ0) is 19.3. The van der Waals surface area contributed by atoms with Crippen LogP contribution in [0.15, 0.2) is 36.5 Å². The Hall–Kier alpha value is -2.27. The predicted octanol–water partition coefficient (Wildman–Crippen LogP) is 3.79. The van der Waals surface area contributed by atoms with E-state index in [2.05, 4.69) is 40.2 Å². The van der Waals surface area contributed by atoms with E-state index >= 15 is 0 Å². The van der Waals surface area contributed by atoms with Gasteiger partial charge in [0.05, 0.1) is 11.3 Å². The maximum atomic E-state index is 12.8. The molecule has 28 heavy (non-hydrogen) atoms. The smallest absolute Gasteiger partial charge is 0.257 e. The van der Waals surface area contributed by atoms with Gasteiger partial charge in [-0.15, -0.1) is 0 Å². The van der Waals surface area contributed by atoms with E-state index in [9.17, 15) is 4.79 Å². The topological polar surface area (TPSA) is 49.3 Å². The highest BCUT2D eigenvalue weighted by Gasteiger charge is 2.26. The molecular weight excluding hydrogens is 348 g/mol. The lowest BCUT2D eigenvalue weighted by Crippen LogP contribution is -2.36. The molecule has 1 aromatic carbocycles. The van der Waals surface area contributed by atoms with Crippen molar-refractivity contribution >= 4 is 5.91 Å². The minimum atomic E-state index is 0.0955. The second-order valence-corrected chi connectivity index (χ2v) is 8.14. The molecule has 2 aliphatic heterocycles. The van der Waals surface area contributed by atoms with Gasteiger partial charge in [0.1, 0.15) is 5.82 Å². The Labute approximate surface area is 167 Å². The molecule has 4 rings (SSSR count). The highest BCUT2D eigenvalue weighted by atomic mass is 16.2. The first-order chi connectivity index (χ1) is 13.7. The molecule has 148 valence electrons. The molecule has 0 saturated carbocycles. The fourth-order valence-electron chi connectivity index (χ4n) is 4.41. The van der Waals surface area contributed by atoms with Crippen LogP contribution in [0.3, 0.4) is 0 Å². The third-order valence-electron chi connectivity index (χ3n) is 5.99. The number of hydrogen-bond donors (Lipinski definition) is 0. The number of piperidine rings is 2. The van der Waals surface area contributed by atoms with Gasteiger partial charge in [0, 0.05) is 38.3 Å². The highest BCUT2D eigenvalue weighted by molar-refractivity contribution is 5.95. The summed E-state index contributed by atoms with van der Waals surface area (Å²) in [5, 5.41) is 0. The number of amides is 1. The third kappa shape index (κ3) is 4.41. The summed E-state index contributed by atoms with van der Waals surface area (Å²) in [6.45, 7) is 6.74. The van der Waals surface area contributed by atoms with Crippen molar-refractivity contribution in [3.05, 3.63) is 59.2 Å². The number of aromatic nitrogens is 2. The molecule has 2 saturated heterocycles. The molecule has 0 unspecified atom stereocenters. The minimum absolute atomic E-state index is 0.0955. The molecule has 5 heteroatoms. The lowest BCUT2D eigenvalue weighted by atomic mass is 9.96. The van der Waals surface area contributed by atoms with E-state index in [1.807, 2.05) is 11.8 Å². The first-order valence-electron chi connectivity index (χ1n) is 10.6. The maximum Gasteiger partial charge on any atom is 0.257 e. The normalized spacial score (nSPS) is 20.9. The van der Waals surface area contributed by atoms with Crippen molar-refractivity contribution in [2.24, 2.45) is 0 Å². The van der Waals surface area contributed by atoms with E-state index in [0.717, 1.165) is 69.9 Å². The summed E-state index contributed by atoms with van der Waals surface area (Å²) in [5.74, 6) is 1.33. The van der Waals surface area contributed by atoms with Crippen molar-refractivity contribution in [1.82, 2.24) is 19.8 Å². The minimum Gasteiger partial charge on any atom is -0.339 e. The van der Waals surface area contributed by atoms with Crippen LogP contribution in [0.4, 0.5) is 0 Å². The van der Waals surface area contributed by atoms with Gasteiger partial charge in [-0.2, -0.15) is 0 Å². The quantitative estimate of drug-likeness (QED) is 0.812. The summed E-state index contributed by atoms with van der Waals surface area (Å²) in [7, 11) is 0. The van der Waals surface area contributed by atoms with Crippen molar-refractivity contribution in [2.75, 3.05) is 26.2 Å². The fourth-order valence-corrected chi connectivity index (χ4v) is 4.41. The number of carbonyl (C=O) groups excluding carboxylic acids is 1. The molecule has 1 aromatic heterocycles. The third-order valence-corrected chi connectivity index (χ3v) is 5.99. The van der Waals surface area contributed by atoms with Crippen LogP contribution in [0.25, 0.3) is 0 Å². The summed E-state index contributed by atoms with van der Waals surface area (Å²) < 4.78 is 0. The van der Waals surface area contributed by atoms with Gasteiger partial charge in [-0.05, 0) is 51.1 Å². The molecule has 0 spiro atoms. The van der Waals surface area contributed by atoms with Crippen LogP contribution in [0.5, 0.6) is 0 Å². The lowest BCUT2D eigenvalue weighted by molar-refractivity contribution is 0.0722. The van der Waals surface area contributed by atoms with Gasteiger partial charge in [0.15, 0.2) is 0 Å². The van der Waals surface area contributed by atoms with Crippen molar-refractivity contribution < 1.29 is 4.79 Å². The number of hydrogen-bond acceptors (Lipinski definition) is 4. The van der Waals surface area contributed by atoms with Crippen LogP contribution < -0.4 is 0 Å². The van der Waals surface area contributed by atoms with Crippen LogP contribution in [0.1, 0.15) is 65.5 Å². The largest absolute Gasteiger partial charge is 0.339 e. The molecule has 3 heterocycles. The van der Waals surface area contributed by atoms with Crippen molar-refractivity contribution in [2.45, 2.75) is 51.5 Å². The summed E-state index contributed by atoms with van der Waals surface area (Å²) in [6, 6.07) is 10.6. The van der Waals surface area contributed by atoms with Crippen LogP contribution in [0, 0.1) is 6.92 Å². The van der Waals surface area contributed by atoms with E-state index in [1.54, 1.807) is 6.20 Å². The van der Waals surface area contributed by atoms with E-state index in [4.69, 9.17) is 4.98 Å². The van der Waals surface area contributed by atoms with Crippen LogP contribution in [-0.4, -0.2) is 51.9 Å². The SMILES string of the molecule is Cc1nc([C@@H]2CCCN(Cc3ccccc3)C2)ncc1C(=O)N1CCCCC1. The Bertz CT molecular complexity index is 802. The summed E-state index contributed by atoms with van der Waals surface area (Å²) >= 11 is 0. The number of aryl methyl sites for hydroxylation is 1. The van der Waals surface area contributed by atoms with E-state index in [-0.39, 0.29) is 5.91 Å². The Morgan fingerprint density at radius 3 is 2.61 bits per heavy atom. The Balaban J connectivity index is 1.43.